The lowest BCUT2D eigenvalue weighted by molar-refractivity contribution is 0.0524. The van der Waals surface area contributed by atoms with Gasteiger partial charge in [0.15, 0.2) is 0 Å². The summed E-state index contributed by atoms with van der Waals surface area (Å²) in [6.45, 7) is 3.79. The predicted octanol–water partition coefficient (Wildman–Crippen LogP) is 3.36. The van der Waals surface area contributed by atoms with Crippen LogP contribution in [0.4, 0.5) is 0 Å². The van der Waals surface area contributed by atoms with Crippen LogP contribution in [-0.4, -0.2) is 22.5 Å². The number of aromatic nitrogens is 2. The van der Waals surface area contributed by atoms with Crippen LogP contribution in [-0.2, 0) is 4.74 Å². The van der Waals surface area contributed by atoms with Crippen LogP contribution < -0.4 is 4.74 Å². The molecule has 104 valence electrons. The minimum atomic E-state index is -0.425. The maximum Gasteiger partial charge on any atom is 0.341 e. The number of ether oxygens (including phenoxy) is 2. The van der Waals surface area contributed by atoms with Crippen LogP contribution in [0.5, 0.6) is 11.8 Å². The SMILES string of the molecule is CCOC(=O)c1cnc(Oc2ccccc2I)nc1C. The molecule has 1 aromatic heterocycles. The minimum absolute atomic E-state index is 0.208. The number of halogens is 1. The molecule has 20 heavy (non-hydrogen) atoms. The average molecular weight is 384 g/mol. The van der Waals surface area contributed by atoms with E-state index in [1.807, 2.05) is 24.3 Å². The number of nitrogens with zero attached hydrogens (tertiary/aromatic N) is 2. The Morgan fingerprint density at radius 2 is 2.10 bits per heavy atom. The van der Waals surface area contributed by atoms with Crippen molar-refractivity contribution < 1.29 is 14.3 Å². The molecule has 2 rings (SSSR count). The van der Waals surface area contributed by atoms with E-state index in [0.717, 1.165) is 3.57 Å². The van der Waals surface area contributed by atoms with E-state index in [1.54, 1.807) is 13.8 Å². The zero-order valence-electron chi connectivity index (χ0n) is 11.1. The lowest BCUT2D eigenvalue weighted by Crippen LogP contribution is -2.09. The van der Waals surface area contributed by atoms with Crippen LogP contribution in [0.1, 0.15) is 23.0 Å². The first-order chi connectivity index (χ1) is 9.61. The summed E-state index contributed by atoms with van der Waals surface area (Å²) >= 11 is 2.17. The molecular formula is C14H13IN2O3. The van der Waals surface area contributed by atoms with Gasteiger partial charge in [0, 0.05) is 6.20 Å². The molecule has 0 bridgehead atoms. The highest BCUT2D eigenvalue weighted by Crippen LogP contribution is 2.24. The molecule has 0 amide bonds. The van der Waals surface area contributed by atoms with Crippen molar-refractivity contribution >= 4 is 28.6 Å². The fraction of sp³-hybridized carbons (Fsp3) is 0.214. The van der Waals surface area contributed by atoms with Crippen LogP contribution in [0.15, 0.2) is 30.5 Å². The monoisotopic (exact) mass is 384 g/mol. The molecule has 0 aliphatic carbocycles. The third-order valence-corrected chi connectivity index (χ3v) is 3.38. The Balaban J connectivity index is 2.21. The Kier molecular flexibility index (Phi) is 4.89. The number of hydrogen-bond acceptors (Lipinski definition) is 5. The zero-order chi connectivity index (χ0) is 14.5. The molecule has 0 saturated heterocycles. The van der Waals surface area contributed by atoms with Crippen molar-refractivity contribution in [1.82, 2.24) is 9.97 Å². The van der Waals surface area contributed by atoms with Gasteiger partial charge in [-0.2, -0.15) is 4.98 Å². The molecule has 0 unspecified atom stereocenters. The van der Waals surface area contributed by atoms with Crippen molar-refractivity contribution in [3.8, 4) is 11.8 Å². The highest BCUT2D eigenvalue weighted by molar-refractivity contribution is 14.1. The van der Waals surface area contributed by atoms with Crippen LogP contribution in [0, 0.1) is 10.5 Å². The Bertz CT molecular complexity index is 632. The molecular weight excluding hydrogens is 371 g/mol. The molecule has 0 saturated carbocycles. The average Bonchev–Trinajstić information content (AvgIpc) is 2.42. The van der Waals surface area contributed by atoms with Gasteiger partial charge in [-0.1, -0.05) is 12.1 Å². The van der Waals surface area contributed by atoms with Gasteiger partial charge in [0.1, 0.15) is 5.75 Å². The van der Waals surface area contributed by atoms with Gasteiger partial charge in [0.2, 0.25) is 0 Å². The smallest absolute Gasteiger partial charge is 0.341 e. The van der Waals surface area contributed by atoms with Crippen molar-refractivity contribution in [1.29, 1.82) is 0 Å². The number of carbonyl (C=O) groups excluding carboxylic acids is 1. The summed E-state index contributed by atoms with van der Waals surface area (Å²) in [5.74, 6) is 0.252. The van der Waals surface area contributed by atoms with Crippen LogP contribution in [0.3, 0.4) is 0 Å². The summed E-state index contributed by atoms with van der Waals surface area (Å²) in [4.78, 5) is 19.9. The van der Waals surface area contributed by atoms with E-state index in [-0.39, 0.29) is 6.01 Å². The standard InChI is InChI=1S/C14H13IN2O3/c1-3-19-13(18)10-8-16-14(17-9(10)2)20-12-7-5-4-6-11(12)15/h4-8H,3H2,1-2H3. The quantitative estimate of drug-likeness (QED) is 0.598. The Labute approximate surface area is 130 Å². The summed E-state index contributed by atoms with van der Waals surface area (Å²) < 4.78 is 11.5. The Morgan fingerprint density at radius 3 is 2.75 bits per heavy atom. The fourth-order valence-electron chi connectivity index (χ4n) is 1.53. The molecule has 1 heterocycles. The summed E-state index contributed by atoms with van der Waals surface area (Å²) in [5, 5.41) is 0. The second kappa shape index (κ2) is 6.65. The first-order valence-electron chi connectivity index (χ1n) is 6.05. The highest BCUT2D eigenvalue weighted by atomic mass is 127. The first kappa shape index (κ1) is 14.7. The number of esters is 1. The Morgan fingerprint density at radius 1 is 1.35 bits per heavy atom. The molecule has 6 heteroatoms. The molecule has 0 atom stereocenters. The van der Waals surface area contributed by atoms with Gasteiger partial charge in [0.05, 0.1) is 21.4 Å². The van der Waals surface area contributed by atoms with Crippen molar-refractivity contribution in [2.24, 2.45) is 0 Å². The third-order valence-electron chi connectivity index (χ3n) is 2.49. The van der Waals surface area contributed by atoms with E-state index in [0.29, 0.717) is 23.6 Å². The Hall–Kier alpha value is -1.70. The van der Waals surface area contributed by atoms with E-state index in [4.69, 9.17) is 9.47 Å². The number of hydrogen-bond donors (Lipinski definition) is 0. The normalized spacial score (nSPS) is 10.2. The molecule has 2 aromatic rings. The van der Waals surface area contributed by atoms with Crippen LogP contribution in [0.2, 0.25) is 0 Å². The van der Waals surface area contributed by atoms with E-state index in [1.165, 1.54) is 6.20 Å². The van der Waals surface area contributed by atoms with Gasteiger partial charge in [-0.25, -0.2) is 9.78 Å². The van der Waals surface area contributed by atoms with Gasteiger partial charge in [-0.3, -0.25) is 0 Å². The van der Waals surface area contributed by atoms with Gasteiger partial charge in [-0.05, 0) is 48.6 Å². The maximum atomic E-state index is 11.6. The first-order valence-corrected chi connectivity index (χ1v) is 7.13. The maximum absolute atomic E-state index is 11.6. The van der Waals surface area contributed by atoms with Crippen molar-refractivity contribution in [2.75, 3.05) is 6.61 Å². The van der Waals surface area contributed by atoms with Crippen molar-refractivity contribution in [3.63, 3.8) is 0 Å². The van der Waals surface area contributed by atoms with Crippen molar-refractivity contribution in [2.45, 2.75) is 13.8 Å². The molecule has 0 aliphatic heterocycles. The number of carbonyl (C=O) groups is 1. The molecule has 1 aromatic carbocycles. The van der Waals surface area contributed by atoms with Crippen LogP contribution in [0.25, 0.3) is 0 Å². The van der Waals surface area contributed by atoms with Gasteiger partial charge in [0.25, 0.3) is 0 Å². The zero-order valence-corrected chi connectivity index (χ0v) is 13.2. The van der Waals surface area contributed by atoms with Gasteiger partial charge < -0.3 is 9.47 Å². The third kappa shape index (κ3) is 3.44. The number of aryl methyl sites for hydroxylation is 1. The number of rotatable bonds is 4. The lowest BCUT2D eigenvalue weighted by Gasteiger charge is -2.08. The minimum Gasteiger partial charge on any atom is -0.462 e. The molecule has 0 N–H and O–H groups in total. The number of para-hydroxylation sites is 1. The summed E-state index contributed by atoms with van der Waals surface area (Å²) in [7, 11) is 0. The lowest BCUT2D eigenvalue weighted by atomic mass is 10.2. The molecule has 5 nitrogen and oxygen atoms in total. The fourth-order valence-corrected chi connectivity index (χ4v) is 2.03. The largest absolute Gasteiger partial charge is 0.462 e. The predicted molar refractivity (Wildman–Crippen MR) is 82.0 cm³/mol. The van der Waals surface area contributed by atoms with Gasteiger partial charge >= 0.3 is 12.0 Å². The molecule has 0 fully saturated rings. The second-order valence-corrected chi connectivity index (χ2v) is 5.07. The topological polar surface area (TPSA) is 61.3 Å². The van der Waals surface area contributed by atoms with E-state index >= 15 is 0 Å². The van der Waals surface area contributed by atoms with Crippen molar-refractivity contribution in [3.05, 3.63) is 45.3 Å². The van der Waals surface area contributed by atoms with E-state index < -0.39 is 5.97 Å². The van der Waals surface area contributed by atoms with Crippen LogP contribution >= 0.6 is 22.6 Å². The van der Waals surface area contributed by atoms with E-state index in [2.05, 4.69) is 32.6 Å². The molecule has 0 spiro atoms. The highest BCUT2D eigenvalue weighted by Gasteiger charge is 2.13. The second-order valence-electron chi connectivity index (χ2n) is 3.90. The summed E-state index contributed by atoms with van der Waals surface area (Å²) in [6.07, 6.45) is 1.42. The summed E-state index contributed by atoms with van der Waals surface area (Å²) in [5.41, 5.74) is 0.876. The molecule has 0 aliphatic rings. The summed E-state index contributed by atoms with van der Waals surface area (Å²) in [6, 6.07) is 7.76. The number of benzene rings is 1. The van der Waals surface area contributed by atoms with E-state index in [9.17, 15) is 4.79 Å². The molecule has 0 radical (unpaired) electrons. The van der Waals surface area contributed by atoms with Gasteiger partial charge in [-0.15, -0.1) is 0 Å².